The van der Waals surface area contributed by atoms with E-state index in [0.29, 0.717) is 23.6 Å². The highest BCUT2D eigenvalue weighted by Gasteiger charge is 2.35. The summed E-state index contributed by atoms with van der Waals surface area (Å²) in [6.07, 6.45) is -3.62. The lowest BCUT2D eigenvalue weighted by molar-refractivity contribution is -0.137. The molecule has 0 radical (unpaired) electrons. The highest BCUT2D eigenvalue weighted by molar-refractivity contribution is 7.61. The van der Waals surface area contributed by atoms with Crippen molar-refractivity contribution in [3.8, 4) is 0 Å². The van der Waals surface area contributed by atoms with Gasteiger partial charge in [-0.1, -0.05) is 24.3 Å². The number of hydrogen-bond donors (Lipinski definition) is 3. The second-order valence-corrected chi connectivity index (χ2v) is 11.5. The maximum absolute atomic E-state index is 13.6. The minimum atomic E-state index is -4.73. The molecule has 0 unspecified atom stereocenters. The predicted molar refractivity (Wildman–Crippen MR) is 123 cm³/mol. The molecule has 3 aromatic rings. The van der Waals surface area contributed by atoms with Crippen LogP contribution in [0.4, 0.5) is 36.3 Å². The van der Waals surface area contributed by atoms with Crippen molar-refractivity contribution in [1.82, 2.24) is 9.97 Å². The van der Waals surface area contributed by atoms with Gasteiger partial charge in [-0.05, 0) is 49.6 Å². The van der Waals surface area contributed by atoms with E-state index in [1.54, 1.807) is 56.7 Å². The summed E-state index contributed by atoms with van der Waals surface area (Å²) in [5.74, 6) is -1.39. The Kier molecular flexibility index (Phi) is 6.78. The Balaban J connectivity index is 1.95. The minimum absolute atomic E-state index is 0.0379. The fourth-order valence-electron chi connectivity index (χ4n) is 3.16. The Morgan fingerprint density at radius 1 is 1.09 bits per heavy atom. The molecule has 1 heterocycles. The molecule has 0 bridgehead atoms. The van der Waals surface area contributed by atoms with Crippen molar-refractivity contribution in [2.75, 3.05) is 24.0 Å². The van der Waals surface area contributed by atoms with E-state index in [9.17, 15) is 22.5 Å². The van der Waals surface area contributed by atoms with Crippen molar-refractivity contribution in [2.45, 2.75) is 19.3 Å². The fourth-order valence-corrected chi connectivity index (χ4v) is 4.25. The van der Waals surface area contributed by atoms with E-state index >= 15 is 0 Å². The maximum Gasteiger partial charge on any atom is 0.421 e. The number of amides is 1. The van der Waals surface area contributed by atoms with Gasteiger partial charge in [0.2, 0.25) is 5.95 Å². The number of anilines is 4. The van der Waals surface area contributed by atoms with Crippen molar-refractivity contribution >= 4 is 36.2 Å². The number of aromatic nitrogens is 2. The van der Waals surface area contributed by atoms with E-state index in [1.807, 2.05) is 0 Å². The second-order valence-electron chi connectivity index (χ2n) is 7.99. The third-order valence-corrected chi connectivity index (χ3v) is 5.78. The molecule has 0 saturated heterocycles. The van der Waals surface area contributed by atoms with Gasteiger partial charge in [0.05, 0.1) is 18.4 Å². The topological polar surface area (TPSA) is 110 Å². The van der Waals surface area contributed by atoms with E-state index in [4.69, 9.17) is 5.73 Å². The Morgan fingerprint density at radius 3 is 2.33 bits per heavy atom. The minimum Gasteiger partial charge on any atom is -0.366 e. The normalized spacial score (nSPS) is 11.8. The maximum atomic E-state index is 13.6. The summed E-state index contributed by atoms with van der Waals surface area (Å²) in [7, 11) is -2.24. The van der Waals surface area contributed by atoms with Crippen molar-refractivity contribution in [3.63, 3.8) is 0 Å². The van der Waals surface area contributed by atoms with E-state index in [1.165, 1.54) is 6.07 Å². The zero-order valence-corrected chi connectivity index (χ0v) is 19.1. The molecule has 0 atom stereocenters. The molecule has 1 aromatic heterocycles. The highest BCUT2D eigenvalue weighted by Crippen LogP contribution is 2.40. The van der Waals surface area contributed by atoms with Crippen LogP contribution in [0.1, 0.15) is 27.0 Å². The highest BCUT2D eigenvalue weighted by atomic mass is 31.2. The molecule has 3 rings (SSSR count). The average molecular weight is 477 g/mol. The first-order valence-corrected chi connectivity index (χ1v) is 12.6. The monoisotopic (exact) mass is 477 g/mol. The van der Waals surface area contributed by atoms with Gasteiger partial charge in [-0.3, -0.25) is 4.79 Å². The summed E-state index contributed by atoms with van der Waals surface area (Å²) in [6.45, 7) is 5.03. The number of hydrogen-bond acceptors (Lipinski definition) is 6. The van der Waals surface area contributed by atoms with E-state index in [0.717, 1.165) is 5.56 Å². The lowest BCUT2D eigenvalue weighted by atomic mass is 10.1. The Morgan fingerprint density at radius 2 is 1.76 bits per heavy atom. The molecule has 4 N–H and O–H groups in total. The summed E-state index contributed by atoms with van der Waals surface area (Å²) in [5, 5.41) is 5.48. The number of para-hydroxylation sites is 1. The number of rotatable bonds is 7. The molecule has 11 heteroatoms. The Labute approximate surface area is 189 Å². The van der Waals surface area contributed by atoms with Gasteiger partial charge in [-0.2, -0.15) is 18.2 Å². The molecule has 174 valence electrons. The van der Waals surface area contributed by atoms with Crippen LogP contribution in [0.2, 0.25) is 0 Å². The number of aryl methyl sites for hydroxylation is 1. The van der Waals surface area contributed by atoms with E-state index in [2.05, 4.69) is 20.6 Å². The zero-order valence-electron chi connectivity index (χ0n) is 18.2. The smallest absolute Gasteiger partial charge is 0.366 e. The molecule has 33 heavy (non-hydrogen) atoms. The average Bonchev–Trinajstić information content (AvgIpc) is 2.69. The standard InChI is InChI=1S/C22H23F3N5O2P/c1-13-5-4-6-16(19(26)31)18(13)29-20-17(22(23,24)25)11-27-21(30-20)28-15-9-7-14(8-10-15)12-33(2,3)32/h4-11H,12H2,1-3H3,(H2,26,31)(H2,27,28,29,30). The lowest BCUT2D eigenvalue weighted by Gasteiger charge is -2.17. The Hall–Kier alpha value is -3.39. The summed E-state index contributed by atoms with van der Waals surface area (Å²) in [4.78, 5) is 19.6. The molecule has 0 fully saturated rings. The Bertz CT molecular complexity index is 1220. The number of nitrogens with two attached hydrogens (primary N) is 1. The van der Waals surface area contributed by atoms with Gasteiger partial charge in [-0.15, -0.1) is 0 Å². The summed E-state index contributed by atoms with van der Waals surface area (Å²) < 4.78 is 52.8. The van der Waals surface area contributed by atoms with Crippen LogP contribution in [0, 0.1) is 6.92 Å². The number of carbonyl (C=O) groups is 1. The molecular formula is C22H23F3N5O2P. The first kappa shape index (κ1) is 24.3. The molecule has 0 saturated carbocycles. The molecule has 0 spiro atoms. The lowest BCUT2D eigenvalue weighted by Crippen LogP contribution is -2.17. The summed E-state index contributed by atoms with van der Waals surface area (Å²) >= 11 is 0. The first-order valence-electron chi connectivity index (χ1n) is 9.84. The second kappa shape index (κ2) is 9.23. The van der Waals surface area contributed by atoms with Crippen LogP contribution in [0.3, 0.4) is 0 Å². The fraction of sp³-hybridized carbons (Fsp3) is 0.227. The summed E-state index contributed by atoms with van der Waals surface area (Å²) in [5.41, 5.74) is 6.40. The van der Waals surface area contributed by atoms with Crippen LogP contribution in [0.5, 0.6) is 0 Å². The van der Waals surface area contributed by atoms with E-state index < -0.39 is 30.6 Å². The third kappa shape index (κ3) is 6.32. The van der Waals surface area contributed by atoms with Gasteiger partial charge in [0, 0.05) is 18.0 Å². The van der Waals surface area contributed by atoms with Gasteiger partial charge < -0.3 is 20.9 Å². The molecule has 7 nitrogen and oxygen atoms in total. The number of primary amides is 1. The predicted octanol–water partition coefficient (Wildman–Crippen LogP) is 5.51. The number of halogens is 3. The van der Waals surface area contributed by atoms with Crippen molar-refractivity contribution in [3.05, 3.63) is 70.9 Å². The number of alkyl halides is 3. The van der Waals surface area contributed by atoms with Crippen molar-refractivity contribution in [2.24, 2.45) is 5.73 Å². The number of benzene rings is 2. The SMILES string of the molecule is Cc1cccc(C(N)=O)c1Nc1nc(Nc2ccc(CP(C)(C)=O)cc2)ncc1C(F)(F)F. The van der Waals surface area contributed by atoms with Gasteiger partial charge in [0.15, 0.2) is 0 Å². The molecular weight excluding hydrogens is 454 g/mol. The molecule has 0 aliphatic heterocycles. The van der Waals surface area contributed by atoms with Crippen LogP contribution in [0.25, 0.3) is 0 Å². The molecule has 1 amide bonds. The van der Waals surface area contributed by atoms with Crippen molar-refractivity contribution in [1.29, 1.82) is 0 Å². The van der Waals surface area contributed by atoms with Crippen LogP contribution < -0.4 is 16.4 Å². The number of carbonyl (C=O) groups excluding carboxylic acids is 1. The number of nitrogens with one attached hydrogen (secondary N) is 2. The zero-order chi connectivity index (χ0) is 24.4. The molecule has 2 aromatic carbocycles. The summed E-state index contributed by atoms with van der Waals surface area (Å²) in [6, 6.07) is 11.6. The largest absolute Gasteiger partial charge is 0.421 e. The van der Waals surface area contributed by atoms with Gasteiger partial charge in [-0.25, -0.2) is 4.98 Å². The van der Waals surface area contributed by atoms with Crippen LogP contribution in [-0.2, 0) is 16.9 Å². The van der Waals surface area contributed by atoms with E-state index in [-0.39, 0.29) is 17.2 Å². The number of nitrogens with zero attached hydrogens (tertiary/aromatic N) is 2. The van der Waals surface area contributed by atoms with Gasteiger partial charge in [0.1, 0.15) is 11.4 Å². The van der Waals surface area contributed by atoms with Gasteiger partial charge >= 0.3 is 6.18 Å². The van der Waals surface area contributed by atoms with Crippen LogP contribution >= 0.6 is 7.14 Å². The van der Waals surface area contributed by atoms with Crippen molar-refractivity contribution < 1.29 is 22.5 Å². The first-order chi connectivity index (χ1) is 15.3. The molecule has 0 aliphatic carbocycles. The van der Waals surface area contributed by atoms with Gasteiger partial charge in [0.25, 0.3) is 5.91 Å². The quantitative estimate of drug-likeness (QED) is 0.387. The third-order valence-electron chi connectivity index (χ3n) is 4.65. The molecule has 0 aliphatic rings. The van der Waals surface area contributed by atoms with Crippen LogP contribution in [0.15, 0.2) is 48.7 Å². The van der Waals surface area contributed by atoms with Crippen LogP contribution in [-0.4, -0.2) is 29.2 Å².